The van der Waals surface area contributed by atoms with Crippen molar-refractivity contribution in [3.8, 4) is 0 Å². The van der Waals surface area contributed by atoms with Crippen molar-refractivity contribution in [2.45, 2.75) is 13.1 Å². The van der Waals surface area contributed by atoms with Crippen LogP contribution in [-0.4, -0.2) is 11.8 Å². The molecule has 4 rings (SSSR count). The molecule has 0 radical (unpaired) electrons. The third kappa shape index (κ3) is 6.06. The summed E-state index contributed by atoms with van der Waals surface area (Å²) in [5, 5.41) is 0. The van der Waals surface area contributed by atoms with Gasteiger partial charge in [0, 0.05) is 12.1 Å². The fraction of sp³-hybridized carbons (Fsp3) is 0.111. The van der Waals surface area contributed by atoms with Gasteiger partial charge in [0.05, 0.1) is 0 Å². The molecule has 28 heavy (non-hydrogen) atoms. The SMILES string of the molecule is NC(=O)C[n+]1csc2ccccc21.NC(=O)C[n+]1csc2ccccc21.[Br-].[Br-]. The number of aromatic nitrogens is 2. The standard InChI is InChI=1S/2C9H8N2OS.2BrH/c2*10-9(12)5-11-6-13-8-4-2-1-3-7(8)11;;/h2*1-4,6H,5H2,(H-,10,12);2*1H. The number of hydrogen-bond donors (Lipinski definition) is 2. The smallest absolute Gasteiger partial charge is 0.283 e. The summed E-state index contributed by atoms with van der Waals surface area (Å²) in [5.74, 6) is -0.623. The Balaban J connectivity index is 0.000000261. The predicted octanol–water partition coefficient (Wildman–Crippen LogP) is -4.64. The van der Waals surface area contributed by atoms with Crippen molar-refractivity contribution in [3.63, 3.8) is 0 Å². The van der Waals surface area contributed by atoms with Crippen LogP contribution in [-0.2, 0) is 22.7 Å². The molecule has 10 heteroatoms. The van der Waals surface area contributed by atoms with E-state index in [9.17, 15) is 9.59 Å². The highest BCUT2D eigenvalue weighted by molar-refractivity contribution is 7.16. The lowest BCUT2D eigenvalue weighted by Crippen LogP contribution is -3.00. The molecular weight excluding hydrogens is 528 g/mol. The molecule has 0 aliphatic rings. The monoisotopic (exact) mass is 544 g/mol. The van der Waals surface area contributed by atoms with E-state index in [0.29, 0.717) is 0 Å². The minimum absolute atomic E-state index is 0. The van der Waals surface area contributed by atoms with Gasteiger partial charge >= 0.3 is 0 Å². The lowest BCUT2D eigenvalue weighted by molar-refractivity contribution is -0.654. The van der Waals surface area contributed by atoms with Crippen LogP contribution in [0.5, 0.6) is 0 Å². The summed E-state index contributed by atoms with van der Waals surface area (Å²) in [4.78, 5) is 21.4. The largest absolute Gasteiger partial charge is 1.00 e. The van der Waals surface area contributed by atoms with Gasteiger partial charge in [-0.1, -0.05) is 46.9 Å². The first-order valence-corrected chi connectivity index (χ1v) is 9.58. The van der Waals surface area contributed by atoms with Gasteiger partial charge in [-0.2, -0.15) is 9.13 Å². The van der Waals surface area contributed by atoms with Gasteiger partial charge in [0.25, 0.3) is 11.8 Å². The maximum Gasteiger partial charge on any atom is 0.283 e. The number of benzene rings is 2. The van der Waals surface area contributed by atoms with Crippen LogP contribution in [0, 0.1) is 0 Å². The summed E-state index contributed by atoms with van der Waals surface area (Å²) in [7, 11) is 0. The Kier molecular flexibility index (Phi) is 9.66. The molecule has 4 N–H and O–H groups in total. The van der Waals surface area contributed by atoms with E-state index >= 15 is 0 Å². The van der Waals surface area contributed by atoms with E-state index < -0.39 is 0 Å². The summed E-state index contributed by atoms with van der Waals surface area (Å²) in [6.45, 7) is 0.508. The second-order valence-corrected chi connectivity index (χ2v) is 7.34. The number of thiazole rings is 2. The zero-order valence-electron chi connectivity index (χ0n) is 14.6. The number of primary amides is 2. The minimum atomic E-state index is -0.312. The number of halogens is 2. The van der Waals surface area contributed by atoms with Crippen molar-refractivity contribution >= 4 is 54.9 Å². The fourth-order valence-corrected chi connectivity index (χ4v) is 4.31. The Labute approximate surface area is 190 Å². The van der Waals surface area contributed by atoms with Crippen molar-refractivity contribution in [1.29, 1.82) is 0 Å². The average molecular weight is 546 g/mol. The highest BCUT2D eigenvalue weighted by Gasteiger charge is 2.13. The van der Waals surface area contributed by atoms with E-state index in [1.54, 1.807) is 22.7 Å². The Morgan fingerprint density at radius 3 is 1.43 bits per heavy atom. The first-order chi connectivity index (χ1) is 12.5. The number of nitrogens with two attached hydrogens (primary N) is 2. The molecule has 2 heterocycles. The highest BCUT2D eigenvalue weighted by Crippen LogP contribution is 2.15. The number of hydrogen-bond acceptors (Lipinski definition) is 4. The summed E-state index contributed by atoms with van der Waals surface area (Å²) in [6, 6.07) is 15.9. The molecule has 0 saturated carbocycles. The third-order valence-corrected chi connectivity index (χ3v) is 5.53. The van der Waals surface area contributed by atoms with Gasteiger partial charge in [0.2, 0.25) is 35.1 Å². The number of carbonyl (C=O) groups is 2. The number of para-hydroxylation sites is 2. The predicted molar refractivity (Wildman–Crippen MR) is 102 cm³/mol. The van der Waals surface area contributed by atoms with Crippen LogP contribution in [0.15, 0.2) is 59.6 Å². The Hall–Kier alpha value is -1.88. The molecular formula is C18H18Br2N4O2S2. The van der Waals surface area contributed by atoms with Crippen molar-refractivity contribution in [2.75, 3.05) is 0 Å². The van der Waals surface area contributed by atoms with Crippen LogP contribution in [0.1, 0.15) is 0 Å². The van der Waals surface area contributed by atoms with Gasteiger partial charge in [-0.05, 0) is 12.1 Å². The van der Waals surface area contributed by atoms with E-state index in [4.69, 9.17) is 11.5 Å². The van der Waals surface area contributed by atoms with Crippen LogP contribution in [0.3, 0.4) is 0 Å². The van der Waals surface area contributed by atoms with Gasteiger partial charge < -0.3 is 45.4 Å². The number of amides is 2. The molecule has 0 fully saturated rings. The van der Waals surface area contributed by atoms with E-state index in [2.05, 4.69) is 0 Å². The average Bonchev–Trinajstić information content (AvgIpc) is 3.20. The van der Waals surface area contributed by atoms with Gasteiger partial charge in [-0.3, -0.25) is 9.59 Å². The van der Waals surface area contributed by atoms with Gasteiger partial charge in [0.15, 0.2) is 0 Å². The number of nitrogens with zero attached hydrogens (tertiary/aromatic N) is 2. The van der Waals surface area contributed by atoms with Crippen LogP contribution in [0.2, 0.25) is 0 Å². The van der Waals surface area contributed by atoms with Crippen LogP contribution < -0.4 is 54.6 Å². The van der Waals surface area contributed by atoms with E-state index in [1.807, 2.05) is 68.7 Å². The quantitative estimate of drug-likeness (QED) is 0.252. The van der Waals surface area contributed by atoms with E-state index in [1.165, 1.54) is 9.40 Å². The first kappa shape index (κ1) is 24.2. The molecule has 2 aromatic heterocycles. The topological polar surface area (TPSA) is 93.9 Å². The molecule has 0 aliphatic carbocycles. The highest BCUT2D eigenvalue weighted by atomic mass is 79.9. The van der Waals surface area contributed by atoms with Gasteiger partial charge in [-0.25, -0.2) is 0 Å². The Morgan fingerprint density at radius 2 is 1.07 bits per heavy atom. The van der Waals surface area contributed by atoms with Crippen LogP contribution in [0.25, 0.3) is 20.4 Å². The molecule has 6 nitrogen and oxygen atoms in total. The summed E-state index contributed by atoms with van der Waals surface area (Å²) < 4.78 is 6.07. The molecule has 0 aliphatic heterocycles. The lowest BCUT2D eigenvalue weighted by atomic mass is 10.3. The maximum absolute atomic E-state index is 10.7. The molecule has 0 unspecified atom stereocenters. The molecule has 0 atom stereocenters. The van der Waals surface area contributed by atoms with Crippen LogP contribution >= 0.6 is 22.7 Å². The molecule has 0 spiro atoms. The summed E-state index contributed by atoms with van der Waals surface area (Å²) >= 11 is 3.22. The van der Waals surface area contributed by atoms with Crippen LogP contribution in [0.4, 0.5) is 0 Å². The minimum Gasteiger partial charge on any atom is -1.00 e. The maximum atomic E-state index is 10.7. The second-order valence-electron chi connectivity index (χ2n) is 5.57. The van der Waals surface area contributed by atoms with E-state index in [0.717, 1.165) is 11.0 Å². The number of fused-ring (bicyclic) bond motifs is 2. The Morgan fingerprint density at radius 1 is 0.714 bits per heavy atom. The summed E-state index contributed by atoms with van der Waals surface area (Å²) in [5.41, 5.74) is 16.2. The zero-order valence-corrected chi connectivity index (χ0v) is 19.4. The molecule has 2 amide bonds. The fourth-order valence-electron chi connectivity index (χ4n) is 2.52. The molecule has 148 valence electrons. The first-order valence-electron chi connectivity index (χ1n) is 7.82. The van der Waals surface area contributed by atoms with Crippen molar-refractivity contribution in [2.24, 2.45) is 11.5 Å². The normalized spacial score (nSPS) is 9.71. The van der Waals surface area contributed by atoms with Crippen molar-refractivity contribution in [3.05, 3.63) is 59.6 Å². The third-order valence-electron chi connectivity index (χ3n) is 3.62. The zero-order chi connectivity index (χ0) is 18.5. The van der Waals surface area contributed by atoms with Crippen molar-refractivity contribution in [1.82, 2.24) is 0 Å². The summed E-state index contributed by atoms with van der Waals surface area (Å²) in [6.07, 6.45) is 0. The molecule has 4 aromatic rings. The Bertz CT molecular complexity index is 996. The number of carbonyl (C=O) groups excluding carboxylic acids is 2. The lowest BCUT2D eigenvalue weighted by Gasteiger charge is -1.88. The van der Waals surface area contributed by atoms with Crippen molar-refractivity contribution < 1.29 is 52.7 Å². The van der Waals surface area contributed by atoms with Gasteiger partial charge in [0.1, 0.15) is 9.40 Å². The van der Waals surface area contributed by atoms with E-state index in [-0.39, 0.29) is 58.9 Å². The number of rotatable bonds is 4. The molecule has 0 bridgehead atoms. The molecule has 0 saturated heterocycles. The molecule has 2 aromatic carbocycles. The second kappa shape index (κ2) is 11.2. The van der Waals surface area contributed by atoms with Gasteiger partial charge in [-0.15, -0.1) is 0 Å².